The summed E-state index contributed by atoms with van der Waals surface area (Å²) in [6.45, 7) is 6.88. The third-order valence-electron chi connectivity index (χ3n) is 14.7. The maximum Gasteiger partial charge on any atom is 0.227 e. The lowest BCUT2D eigenvalue weighted by Crippen LogP contribution is -1.99. The largest absolute Gasteiger partial charge is 0.436 e. The molecule has 0 bridgehead atoms. The first kappa shape index (κ1) is 54.6. The van der Waals surface area contributed by atoms with E-state index in [0.717, 1.165) is 53.0 Å². The summed E-state index contributed by atoms with van der Waals surface area (Å²) in [5, 5.41) is 5.20. The van der Waals surface area contributed by atoms with Gasteiger partial charge in [0.25, 0.3) is 0 Å². The van der Waals surface area contributed by atoms with Crippen LogP contribution in [0.4, 0.5) is 0 Å². The summed E-state index contributed by atoms with van der Waals surface area (Å²) >= 11 is 0. The van der Waals surface area contributed by atoms with Crippen molar-refractivity contribution in [3.63, 3.8) is 0 Å². The zero-order valence-corrected chi connectivity index (χ0v) is 44.5. The molecule has 6 rings (SSSR count). The van der Waals surface area contributed by atoms with E-state index in [2.05, 4.69) is 135 Å². The summed E-state index contributed by atoms with van der Waals surface area (Å²) < 4.78 is 8.42. The predicted molar refractivity (Wildman–Crippen MR) is 304 cm³/mol. The lowest BCUT2D eigenvalue weighted by molar-refractivity contribution is 0.556. The van der Waals surface area contributed by atoms with Crippen LogP contribution in [-0.4, -0.2) is 14.8 Å². The highest BCUT2D eigenvalue weighted by Crippen LogP contribution is 2.30. The fourth-order valence-corrected chi connectivity index (χ4v) is 10.1. The molecule has 0 spiro atoms. The maximum atomic E-state index is 6.32. The van der Waals surface area contributed by atoms with Gasteiger partial charge >= 0.3 is 0 Å². The Morgan fingerprint density at radius 2 is 0.814 bits per heavy atom. The Hall–Kier alpha value is -4.70. The highest BCUT2D eigenvalue weighted by Gasteiger charge is 2.14. The minimum absolute atomic E-state index is 0.662. The van der Waals surface area contributed by atoms with Crippen LogP contribution in [0, 0.1) is 0 Å². The van der Waals surface area contributed by atoms with Crippen LogP contribution < -0.4 is 0 Å². The zero-order valence-electron chi connectivity index (χ0n) is 44.5. The normalized spacial score (nSPS) is 11.8. The van der Waals surface area contributed by atoms with Crippen molar-refractivity contribution in [2.45, 2.75) is 233 Å². The van der Waals surface area contributed by atoms with E-state index >= 15 is 0 Å². The molecule has 0 unspecified atom stereocenters. The second kappa shape index (κ2) is 33.0. The van der Waals surface area contributed by atoms with E-state index in [-0.39, 0.29) is 0 Å². The standard InChI is InChI=1S/C66H93N3O/c1-4-7-10-13-16-19-22-25-28-31-34-55-37-39-57(40-38-55)43-49-61-54-64(59-45-41-56(42-46-59)35-32-29-26-23-20-17-14-11-8-5-2)69(68-61)62-50-47-60(48-51-62)66-67-63-53-58(44-52-65(63)70-66)36-33-30-27-24-21-18-15-12-9-6-3/h37-54H,4-36H2,1-3H3. The molecule has 0 aliphatic rings. The number of benzene rings is 4. The van der Waals surface area contributed by atoms with Gasteiger partial charge in [0, 0.05) is 11.1 Å². The number of unbranched alkanes of at least 4 members (excludes halogenated alkanes) is 27. The molecule has 2 heterocycles. The minimum atomic E-state index is 0.662. The average Bonchev–Trinajstić information content (AvgIpc) is 4.03. The molecule has 0 aliphatic heterocycles. The summed E-state index contributed by atoms with van der Waals surface area (Å²) in [6, 6.07) is 35.7. The maximum absolute atomic E-state index is 6.32. The van der Waals surface area contributed by atoms with Crippen LogP contribution in [0.2, 0.25) is 0 Å². The number of fused-ring (bicyclic) bond motifs is 1. The quantitative estimate of drug-likeness (QED) is 0.0363. The zero-order chi connectivity index (χ0) is 48.7. The molecular weight excluding hydrogens is 851 g/mol. The Morgan fingerprint density at radius 3 is 1.30 bits per heavy atom. The number of aromatic nitrogens is 3. The van der Waals surface area contributed by atoms with Crippen LogP contribution in [0.5, 0.6) is 0 Å². The number of nitrogens with zero attached hydrogens (tertiary/aromatic N) is 3. The van der Waals surface area contributed by atoms with E-state index in [1.54, 1.807) is 0 Å². The van der Waals surface area contributed by atoms with E-state index in [0.29, 0.717) is 5.89 Å². The molecule has 4 aromatic carbocycles. The van der Waals surface area contributed by atoms with Crippen molar-refractivity contribution in [1.82, 2.24) is 14.8 Å². The van der Waals surface area contributed by atoms with Crippen molar-refractivity contribution < 1.29 is 4.42 Å². The molecule has 0 saturated heterocycles. The summed E-state index contributed by atoms with van der Waals surface area (Å²) in [5.74, 6) is 0.662. The molecule has 0 N–H and O–H groups in total. The van der Waals surface area contributed by atoms with Crippen LogP contribution in [-0.2, 0) is 19.3 Å². The smallest absolute Gasteiger partial charge is 0.227 e. The van der Waals surface area contributed by atoms with Crippen molar-refractivity contribution in [3.8, 4) is 28.4 Å². The first-order valence-corrected chi connectivity index (χ1v) is 29.1. The fourth-order valence-electron chi connectivity index (χ4n) is 10.1. The van der Waals surface area contributed by atoms with Crippen molar-refractivity contribution in [2.75, 3.05) is 0 Å². The molecule has 0 atom stereocenters. The second-order valence-corrected chi connectivity index (χ2v) is 20.8. The van der Waals surface area contributed by atoms with Gasteiger partial charge in [0.05, 0.1) is 17.1 Å². The van der Waals surface area contributed by atoms with Gasteiger partial charge in [0.15, 0.2) is 5.58 Å². The third-order valence-corrected chi connectivity index (χ3v) is 14.7. The number of hydrogen-bond donors (Lipinski definition) is 0. The molecule has 0 fully saturated rings. The van der Waals surface area contributed by atoms with Crippen molar-refractivity contribution in [3.05, 3.63) is 125 Å². The van der Waals surface area contributed by atoms with Gasteiger partial charge < -0.3 is 4.42 Å². The van der Waals surface area contributed by atoms with E-state index in [4.69, 9.17) is 14.5 Å². The lowest BCUT2D eigenvalue weighted by atomic mass is 10.0. The molecule has 0 amide bonds. The molecule has 378 valence electrons. The average molecular weight is 944 g/mol. The molecule has 4 nitrogen and oxygen atoms in total. The van der Waals surface area contributed by atoms with E-state index in [1.165, 1.54) is 220 Å². The number of hydrogen-bond acceptors (Lipinski definition) is 3. The fraction of sp³-hybridized carbons (Fsp3) is 0.545. The van der Waals surface area contributed by atoms with Crippen LogP contribution >= 0.6 is 0 Å². The van der Waals surface area contributed by atoms with Crippen molar-refractivity contribution >= 4 is 23.3 Å². The topological polar surface area (TPSA) is 43.9 Å². The molecule has 2 aromatic heterocycles. The Morgan fingerprint density at radius 1 is 0.400 bits per heavy atom. The second-order valence-electron chi connectivity index (χ2n) is 20.8. The molecule has 6 aromatic rings. The molecular formula is C66H93N3O. The minimum Gasteiger partial charge on any atom is -0.436 e. The summed E-state index contributed by atoms with van der Waals surface area (Å²) in [5.41, 5.74) is 12.4. The Kier molecular flexibility index (Phi) is 25.8. The SMILES string of the molecule is CCCCCCCCCCCCc1ccc(C=Cc2cc(-c3ccc(CCCCCCCCCCCC)cc3)n(-c3ccc(-c4nc5cc(CCCCCCCCCCCC)ccc5o4)cc3)n2)cc1. The predicted octanol–water partition coefficient (Wildman–Crippen LogP) is 20.9. The Bertz CT molecular complexity index is 2290. The van der Waals surface area contributed by atoms with E-state index in [1.807, 2.05) is 0 Å². The third kappa shape index (κ3) is 19.8. The monoisotopic (exact) mass is 944 g/mol. The van der Waals surface area contributed by atoms with Crippen LogP contribution in [0.1, 0.15) is 241 Å². The number of rotatable bonds is 38. The highest BCUT2D eigenvalue weighted by molar-refractivity contribution is 5.77. The van der Waals surface area contributed by atoms with Crippen LogP contribution in [0.15, 0.2) is 101 Å². The van der Waals surface area contributed by atoms with Gasteiger partial charge in [-0.2, -0.15) is 5.10 Å². The molecule has 0 aliphatic carbocycles. The number of oxazole rings is 1. The lowest BCUT2D eigenvalue weighted by Gasteiger charge is -2.09. The highest BCUT2D eigenvalue weighted by atomic mass is 16.3. The van der Waals surface area contributed by atoms with Gasteiger partial charge in [0.1, 0.15) is 5.52 Å². The van der Waals surface area contributed by atoms with Crippen molar-refractivity contribution in [1.29, 1.82) is 0 Å². The van der Waals surface area contributed by atoms with Crippen molar-refractivity contribution in [2.24, 2.45) is 0 Å². The van der Waals surface area contributed by atoms with Gasteiger partial charge in [-0.1, -0.05) is 255 Å². The van der Waals surface area contributed by atoms with Gasteiger partial charge in [-0.25, -0.2) is 9.67 Å². The van der Waals surface area contributed by atoms with E-state index < -0.39 is 0 Å². The number of aryl methyl sites for hydroxylation is 3. The van der Waals surface area contributed by atoms with Crippen LogP contribution in [0.3, 0.4) is 0 Å². The van der Waals surface area contributed by atoms with Gasteiger partial charge in [-0.15, -0.1) is 0 Å². The summed E-state index contributed by atoms with van der Waals surface area (Å²) in [4.78, 5) is 4.97. The first-order valence-electron chi connectivity index (χ1n) is 29.1. The molecule has 70 heavy (non-hydrogen) atoms. The Labute approximate surface area is 426 Å². The van der Waals surface area contributed by atoms with Crippen LogP contribution in [0.25, 0.3) is 51.7 Å². The molecule has 0 saturated carbocycles. The van der Waals surface area contributed by atoms with Gasteiger partial charge in [-0.05, 0) is 109 Å². The molecule has 0 radical (unpaired) electrons. The summed E-state index contributed by atoms with van der Waals surface area (Å²) in [6.07, 6.45) is 48.8. The summed E-state index contributed by atoms with van der Waals surface area (Å²) in [7, 11) is 0. The van der Waals surface area contributed by atoms with Gasteiger partial charge in [-0.3, -0.25) is 0 Å². The van der Waals surface area contributed by atoms with Gasteiger partial charge in [0.2, 0.25) is 5.89 Å². The Balaban J connectivity index is 1.06. The first-order chi connectivity index (χ1) is 34.6. The van der Waals surface area contributed by atoms with E-state index in [9.17, 15) is 0 Å². The molecule has 4 heteroatoms.